The first-order valence-corrected chi connectivity index (χ1v) is 13.5. The molecule has 0 spiro atoms. The molecule has 2 aromatic heterocycles. The third-order valence-electron chi connectivity index (χ3n) is 7.88. The summed E-state index contributed by atoms with van der Waals surface area (Å²) in [5.41, 5.74) is 4.73. The largest absolute Gasteiger partial charge is 0.331 e. The minimum atomic E-state index is -0.200. The number of carbonyl (C=O) groups excluding carboxylic acids is 2. The van der Waals surface area contributed by atoms with Crippen LogP contribution in [-0.2, 0) is 13.0 Å². The van der Waals surface area contributed by atoms with E-state index >= 15 is 0 Å². The van der Waals surface area contributed by atoms with E-state index in [0.717, 1.165) is 22.5 Å². The monoisotopic (exact) mass is 554 g/mol. The Balaban J connectivity index is 1.29. The van der Waals surface area contributed by atoms with E-state index in [1.165, 1.54) is 12.4 Å². The van der Waals surface area contributed by atoms with Crippen molar-refractivity contribution < 1.29 is 9.59 Å². The Kier molecular flexibility index (Phi) is 6.39. The van der Waals surface area contributed by atoms with Crippen LogP contribution >= 0.6 is 11.6 Å². The number of nitrogens with zero attached hydrogens (tertiary/aromatic N) is 8. The van der Waals surface area contributed by atoms with Crippen LogP contribution in [0.25, 0.3) is 10.5 Å². The van der Waals surface area contributed by atoms with Crippen LogP contribution in [-0.4, -0.2) is 58.7 Å². The van der Waals surface area contributed by atoms with E-state index in [1.54, 1.807) is 28.0 Å². The summed E-state index contributed by atoms with van der Waals surface area (Å²) >= 11 is 6.09. The summed E-state index contributed by atoms with van der Waals surface area (Å²) in [6.07, 6.45) is 3.68. The highest BCUT2D eigenvalue weighted by Crippen LogP contribution is 2.36. The second-order valence-electron chi connectivity index (χ2n) is 10.4. The van der Waals surface area contributed by atoms with Gasteiger partial charge in [-0.1, -0.05) is 35.9 Å². The number of amides is 2. The molecule has 2 aromatic carbocycles. The quantitative estimate of drug-likeness (QED) is 0.330. The SMILES string of the molecule is [C-]#[N+]c1cc(C(=O)N2Cc3c(nn4c3C(=O)N(C(C)c3ccc(-n5cncn5)cc3)C[C@H]4C)C[C@H]2C)ccc1Cl. The average Bonchev–Trinajstić information content (AvgIpc) is 3.63. The van der Waals surface area contributed by atoms with Crippen LogP contribution in [0.3, 0.4) is 0 Å². The lowest BCUT2D eigenvalue weighted by Gasteiger charge is -2.37. The first kappa shape index (κ1) is 25.8. The van der Waals surface area contributed by atoms with Crippen molar-refractivity contribution in [1.82, 2.24) is 34.3 Å². The predicted molar refractivity (Wildman–Crippen MR) is 149 cm³/mol. The lowest BCUT2D eigenvalue weighted by Crippen LogP contribution is -2.45. The van der Waals surface area contributed by atoms with Crippen LogP contribution in [0.15, 0.2) is 55.1 Å². The molecule has 0 N–H and O–H groups in total. The first-order chi connectivity index (χ1) is 19.3. The lowest BCUT2D eigenvalue weighted by atomic mass is 9.96. The van der Waals surface area contributed by atoms with Gasteiger partial charge in [0, 0.05) is 35.2 Å². The second-order valence-corrected chi connectivity index (χ2v) is 10.8. The molecule has 11 heteroatoms. The highest BCUT2D eigenvalue weighted by Gasteiger charge is 2.40. The van der Waals surface area contributed by atoms with Gasteiger partial charge in [0.2, 0.25) is 5.69 Å². The molecule has 0 aliphatic carbocycles. The Morgan fingerprint density at radius 3 is 2.62 bits per heavy atom. The number of carbonyl (C=O) groups is 2. The Morgan fingerprint density at radius 2 is 1.93 bits per heavy atom. The van der Waals surface area contributed by atoms with Crippen molar-refractivity contribution in [2.45, 2.75) is 51.9 Å². The number of halogens is 1. The normalized spacial score (nSPS) is 19.1. The molecule has 6 rings (SSSR count). The molecule has 0 radical (unpaired) electrons. The average molecular weight is 555 g/mol. The van der Waals surface area contributed by atoms with Crippen molar-refractivity contribution in [3.63, 3.8) is 0 Å². The Labute approximate surface area is 236 Å². The molecule has 0 bridgehead atoms. The predicted octanol–water partition coefficient (Wildman–Crippen LogP) is 5.03. The van der Waals surface area contributed by atoms with Crippen molar-refractivity contribution in [3.05, 3.63) is 99.6 Å². The molecule has 202 valence electrons. The molecule has 10 nitrogen and oxygen atoms in total. The van der Waals surface area contributed by atoms with Crippen LogP contribution in [0.2, 0.25) is 5.02 Å². The van der Waals surface area contributed by atoms with E-state index in [9.17, 15) is 9.59 Å². The molecule has 0 saturated carbocycles. The van der Waals surface area contributed by atoms with E-state index in [2.05, 4.69) is 21.9 Å². The maximum atomic E-state index is 14.0. The molecule has 0 fully saturated rings. The number of fused-ring (bicyclic) bond motifs is 3. The number of hydrogen-bond acceptors (Lipinski definition) is 5. The molecular formula is C29H27ClN8O2. The van der Waals surface area contributed by atoms with Gasteiger partial charge >= 0.3 is 0 Å². The molecule has 2 aliphatic heterocycles. The van der Waals surface area contributed by atoms with Gasteiger partial charge in [0.25, 0.3) is 11.8 Å². The maximum Gasteiger partial charge on any atom is 0.273 e. The summed E-state index contributed by atoms with van der Waals surface area (Å²) in [4.78, 5) is 38.6. The minimum absolute atomic E-state index is 0.0212. The van der Waals surface area contributed by atoms with Gasteiger partial charge in [0.05, 0.1) is 36.6 Å². The summed E-state index contributed by atoms with van der Waals surface area (Å²) in [6.45, 7) is 14.2. The fraction of sp³-hybridized carbons (Fsp3) is 0.310. The number of aromatic nitrogens is 5. The highest BCUT2D eigenvalue weighted by atomic mass is 35.5. The van der Waals surface area contributed by atoms with Crippen LogP contribution in [0.5, 0.6) is 0 Å². The van der Waals surface area contributed by atoms with Gasteiger partial charge in [-0.2, -0.15) is 10.2 Å². The zero-order chi connectivity index (χ0) is 28.1. The molecular weight excluding hydrogens is 528 g/mol. The summed E-state index contributed by atoms with van der Waals surface area (Å²) in [5, 5.41) is 9.33. The van der Waals surface area contributed by atoms with Gasteiger partial charge in [-0.25, -0.2) is 14.5 Å². The highest BCUT2D eigenvalue weighted by molar-refractivity contribution is 6.33. The summed E-state index contributed by atoms with van der Waals surface area (Å²) in [5.74, 6) is -0.294. The van der Waals surface area contributed by atoms with Gasteiger partial charge in [0.15, 0.2) is 0 Å². The van der Waals surface area contributed by atoms with Crippen molar-refractivity contribution in [2.75, 3.05) is 6.54 Å². The van der Waals surface area contributed by atoms with E-state index < -0.39 is 0 Å². The lowest BCUT2D eigenvalue weighted by molar-refractivity contribution is 0.0574. The zero-order valence-corrected chi connectivity index (χ0v) is 23.1. The fourth-order valence-corrected chi connectivity index (χ4v) is 5.78. The molecule has 2 aliphatic rings. The van der Waals surface area contributed by atoms with Crippen molar-refractivity contribution in [3.8, 4) is 5.69 Å². The van der Waals surface area contributed by atoms with Crippen LogP contribution in [0.1, 0.15) is 70.5 Å². The number of benzene rings is 2. The molecule has 4 aromatic rings. The third kappa shape index (κ3) is 4.23. The molecule has 3 atom stereocenters. The van der Waals surface area contributed by atoms with Gasteiger partial charge < -0.3 is 9.80 Å². The summed E-state index contributed by atoms with van der Waals surface area (Å²) in [6, 6.07) is 12.4. The summed E-state index contributed by atoms with van der Waals surface area (Å²) < 4.78 is 3.53. The third-order valence-corrected chi connectivity index (χ3v) is 8.20. The van der Waals surface area contributed by atoms with Crippen LogP contribution in [0, 0.1) is 6.57 Å². The fourth-order valence-electron chi connectivity index (χ4n) is 5.62. The van der Waals surface area contributed by atoms with E-state index in [4.69, 9.17) is 23.3 Å². The van der Waals surface area contributed by atoms with Crippen molar-refractivity contribution in [2.24, 2.45) is 0 Å². The number of rotatable bonds is 4. The smallest absolute Gasteiger partial charge is 0.273 e. The molecule has 40 heavy (non-hydrogen) atoms. The minimum Gasteiger partial charge on any atom is -0.331 e. The second kappa shape index (κ2) is 9.92. The van der Waals surface area contributed by atoms with Gasteiger partial charge in [0.1, 0.15) is 18.3 Å². The van der Waals surface area contributed by atoms with Crippen molar-refractivity contribution >= 4 is 29.1 Å². The van der Waals surface area contributed by atoms with Crippen molar-refractivity contribution in [1.29, 1.82) is 0 Å². The van der Waals surface area contributed by atoms with Gasteiger partial charge in [-0.3, -0.25) is 14.3 Å². The summed E-state index contributed by atoms with van der Waals surface area (Å²) in [7, 11) is 0. The first-order valence-electron chi connectivity index (χ1n) is 13.1. The van der Waals surface area contributed by atoms with Crippen LogP contribution < -0.4 is 0 Å². The Hall–Kier alpha value is -4.49. The van der Waals surface area contributed by atoms with E-state index in [-0.39, 0.29) is 42.2 Å². The van der Waals surface area contributed by atoms with E-state index in [0.29, 0.717) is 29.2 Å². The van der Waals surface area contributed by atoms with E-state index in [1.807, 2.05) is 47.7 Å². The molecule has 1 unspecified atom stereocenters. The molecule has 0 saturated heterocycles. The topological polar surface area (TPSA) is 93.5 Å². The zero-order valence-electron chi connectivity index (χ0n) is 22.3. The molecule has 4 heterocycles. The number of hydrogen-bond donors (Lipinski definition) is 0. The van der Waals surface area contributed by atoms with Gasteiger partial charge in [-0.05, 0) is 44.5 Å². The molecule has 2 amide bonds. The standard InChI is InChI=1S/C29H27ClN8O2/c1-17-11-25-23(14-35(17)28(39)21-7-10-24(30)26(12-21)31-4)27-29(40)36(13-18(2)38(27)34-25)19(3)20-5-8-22(9-6-20)37-16-32-15-33-37/h5-10,12,15-19H,11,13-14H2,1-3H3/t17-,18-,19?/m1/s1. The van der Waals surface area contributed by atoms with Crippen LogP contribution in [0.4, 0.5) is 5.69 Å². The Bertz CT molecular complexity index is 1650. The maximum absolute atomic E-state index is 14.0. The Morgan fingerprint density at radius 1 is 1.15 bits per heavy atom. The van der Waals surface area contributed by atoms with Gasteiger partial charge in [-0.15, -0.1) is 0 Å².